The molecule has 162 valence electrons. The number of benzene rings is 1. The van der Waals surface area contributed by atoms with E-state index in [4.69, 9.17) is 11.1 Å². The molecule has 4 rings (SSSR count). The predicted molar refractivity (Wildman–Crippen MR) is 120 cm³/mol. The van der Waals surface area contributed by atoms with E-state index >= 15 is 0 Å². The Labute approximate surface area is 183 Å². The van der Waals surface area contributed by atoms with Gasteiger partial charge in [0.25, 0.3) is 0 Å². The Hall–Kier alpha value is -3.98. The van der Waals surface area contributed by atoms with Gasteiger partial charge in [0.1, 0.15) is 0 Å². The normalized spacial score (nSPS) is 11.8. The van der Waals surface area contributed by atoms with Crippen molar-refractivity contribution in [1.82, 2.24) is 25.1 Å². The van der Waals surface area contributed by atoms with Gasteiger partial charge in [0.2, 0.25) is 0 Å². The molecule has 0 saturated carbocycles. The average Bonchev–Trinajstić information content (AvgIpc) is 3.28. The van der Waals surface area contributed by atoms with E-state index in [0.717, 1.165) is 36.3 Å². The Morgan fingerprint density at radius 3 is 2.69 bits per heavy atom. The fourth-order valence-corrected chi connectivity index (χ4v) is 3.28. The number of nitrogens with zero attached hydrogens (tertiary/aromatic N) is 4. The lowest BCUT2D eigenvalue weighted by Crippen LogP contribution is -2.14. The van der Waals surface area contributed by atoms with Gasteiger partial charge in [0.15, 0.2) is 11.6 Å². The van der Waals surface area contributed by atoms with Gasteiger partial charge < -0.3 is 11.1 Å². The summed E-state index contributed by atoms with van der Waals surface area (Å²) in [5.41, 5.74) is 9.69. The van der Waals surface area contributed by atoms with Crippen LogP contribution in [0.2, 0.25) is 0 Å². The summed E-state index contributed by atoms with van der Waals surface area (Å²) in [5, 5.41) is 15.9. The van der Waals surface area contributed by atoms with Gasteiger partial charge in [0, 0.05) is 47.4 Å². The third kappa shape index (κ3) is 4.23. The van der Waals surface area contributed by atoms with E-state index < -0.39 is 11.6 Å². The van der Waals surface area contributed by atoms with E-state index in [2.05, 4.69) is 20.4 Å². The Balaban J connectivity index is 1.67. The highest BCUT2D eigenvalue weighted by Crippen LogP contribution is 2.24. The molecule has 0 saturated heterocycles. The highest BCUT2D eigenvalue weighted by Gasteiger charge is 2.15. The van der Waals surface area contributed by atoms with Crippen LogP contribution < -0.4 is 11.1 Å². The van der Waals surface area contributed by atoms with Crippen LogP contribution in [0.25, 0.3) is 27.7 Å². The van der Waals surface area contributed by atoms with Gasteiger partial charge in [0.05, 0.1) is 35.2 Å². The summed E-state index contributed by atoms with van der Waals surface area (Å²) >= 11 is 0. The molecule has 4 N–H and O–H groups in total. The number of hydrogen-bond acceptors (Lipinski definition) is 6. The third-order valence-electron chi connectivity index (χ3n) is 5.02. The first kappa shape index (κ1) is 21.3. The van der Waals surface area contributed by atoms with Gasteiger partial charge in [-0.05, 0) is 43.4 Å². The first-order chi connectivity index (χ1) is 15.5. The molecule has 0 atom stereocenters. The zero-order valence-corrected chi connectivity index (χ0v) is 17.3. The molecule has 0 aliphatic carbocycles. The fourth-order valence-electron chi connectivity index (χ4n) is 3.28. The maximum absolute atomic E-state index is 13.6. The Kier molecular flexibility index (Phi) is 6.00. The van der Waals surface area contributed by atoms with Crippen LogP contribution in [0, 0.1) is 17.0 Å². The van der Waals surface area contributed by atoms with Gasteiger partial charge in [-0.3, -0.25) is 15.1 Å². The number of allylic oxidation sites excluding steroid dienone is 1. The van der Waals surface area contributed by atoms with Crippen molar-refractivity contribution in [3.63, 3.8) is 0 Å². The van der Waals surface area contributed by atoms with Crippen molar-refractivity contribution >= 4 is 22.3 Å². The molecule has 0 amide bonds. The lowest BCUT2D eigenvalue weighted by Gasteiger charge is -2.10. The molecular formula is C23H21F2N7. The highest BCUT2D eigenvalue weighted by molar-refractivity contribution is 6.30. The standard InChI is InChI=1S/C23H21F2N7/c1-28-6-7-32-13-16(12-30-32)15-9-22-21(29-11-15)5-4-20(31-22)17(10-26)23(27)14-2-3-18(24)19(25)8-14/h2-5,8-13,27-28H,6-7,26H2,1H3/b17-10-,27-23?. The van der Waals surface area contributed by atoms with Crippen molar-refractivity contribution in [2.75, 3.05) is 13.6 Å². The minimum absolute atomic E-state index is 0.0619. The van der Waals surface area contributed by atoms with Crippen molar-refractivity contribution in [2.24, 2.45) is 5.73 Å². The Bertz CT molecular complexity index is 1330. The van der Waals surface area contributed by atoms with E-state index in [0.29, 0.717) is 22.3 Å². The molecule has 32 heavy (non-hydrogen) atoms. The summed E-state index contributed by atoms with van der Waals surface area (Å²) in [6, 6.07) is 8.64. The first-order valence-electron chi connectivity index (χ1n) is 9.91. The number of nitrogens with two attached hydrogens (primary N) is 1. The van der Waals surface area contributed by atoms with Crippen LogP contribution in [0.4, 0.5) is 8.78 Å². The zero-order valence-electron chi connectivity index (χ0n) is 17.3. The van der Waals surface area contributed by atoms with Gasteiger partial charge >= 0.3 is 0 Å². The van der Waals surface area contributed by atoms with Crippen LogP contribution in [-0.4, -0.2) is 39.1 Å². The SMILES string of the molecule is CNCCn1cc(-c2cnc3ccc(/C(=C/N)C(=N)c4ccc(F)c(F)c4)nc3c2)cn1. The van der Waals surface area contributed by atoms with Crippen LogP contribution in [0.1, 0.15) is 11.3 Å². The summed E-state index contributed by atoms with van der Waals surface area (Å²) in [6.45, 7) is 1.55. The fraction of sp³-hybridized carbons (Fsp3) is 0.130. The molecule has 0 aliphatic heterocycles. The third-order valence-corrected chi connectivity index (χ3v) is 5.02. The average molecular weight is 433 g/mol. The second kappa shape index (κ2) is 9.03. The first-order valence-corrected chi connectivity index (χ1v) is 9.91. The Morgan fingerprint density at radius 1 is 1.09 bits per heavy atom. The summed E-state index contributed by atoms with van der Waals surface area (Å²) < 4.78 is 28.8. The van der Waals surface area contributed by atoms with E-state index in [1.165, 1.54) is 12.3 Å². The highest BCUT2D eigenvalue weighted by atomic mass is 19.2. The summed E-state index contributed by atoms with van der Waals surface area (Å²) in [7, 11) is 1.89. The van der Waals surface area contributed by atoms with E-state index in [1.807, 2.05) is 24.0 Å². The molecule has 0 bridgehead atoms. The number of halogens is 2. The molecular weight excluding hydrogens is 412 g/mol. The number of pyridine rings is 2. The smallest absolute Gasteiger partial charge is 0.159 e. The summed E-state index contributed by atoms with van der Waals surface area (Å²) in [6.07, 6.45) is 6.70. The van der Waals surface area contributed by atoms with Crippen molar-refractivity contribution in [1.29, 1.82) is 5.41 Å². The van der Waals surface area contributed by atoms with Gasteiger partial charge in [-0.25, -0.2) is 13.8 Å². The molecule has 9 heteroatoms. The van der Waals surface area contributed by atoms with E-state index in [1.54, 1.807) is 24.5 Å². The van der Waals surface area contributed by atoms with Crippen molar-refractivity contribution in [3.05, 3.63) is 84.1 Å². The maximum atomic E-state index is 13.6. The Morgan fingerprint density at radius 2 is 1.94 bits per heavy atom. The summed E-state index contributed by atoms with van der Waals surface area (Å²) in [4.78, 5) is 9.09. The number of aromatic nitrogens is 4. The lowest BCUT2D eigenvalue weighted by molar-refractivity contribution is 0.508. The lowest BCUT2D eigenvalue weighted by atomic mass is 9.99. The van der Waals surface area contributed by atoms with Gasteiger partial charge in [-0.2, -0.15) is 5.10 Å². The zero-order chi connectivity index (χ0) is 22.7. The van der Waals surface area contributed by atoms with Crippen molar-refractivity contribution in [3.8, 4) is 11.1 Å². The van der Waals surface area contributed by atoms with Gasteiger partial charge in [-0.1, -0.05) is 0 Å². The van der Waals surface area contributed by atoms with E-state index in [-0.39, 0.29) is 11.3 Å². The van der Waals surface area contributed by atoms with Crippen molar-refractivity contribution in [2.45, 2.75) is 6.54 Å². The molecule has 3 aromatic heterocycles. The molecule has 0 radical (unpaired) electrons. The molecule has 0 aliphatic rings. The second-order valence-electron chi connectivity index (χ2n) is 7.14. The second-order valence-corrected chi connectivity index (χ2v) is 7.14. The van der Waals surface area contributed by atoms with Crippen LogP contribution in [0.15, 0.2) is 61.2 Å². The minimum atomic E-state index is -1.03. The van der Waals surface area contributed by atoms with Crippen LogP contribution >= 0.6 is 0 Å². The van der Waals surface area contributed by atoms with Crippen molar-refractivity contribution < 1.29 is 8.78 Å². The van der Waals surface area contributed by atoms with Crippen LogP contribution in [0.3, 0.4) is 0 Å². The molecule has 0 fully saturated rings. The van der Waals surface area contributed by atoms with Crippen LogP contribution in [0.5, 0.6) is 0 Å². The molecule has 0 unspecified atom stereocenters. The summed E-state index contributed by atoms with van der Waals surface area (Å²) in [5.74, 6) is -2.00. The molecule has 7 nitrogen and oxygen atoms in total. The molecule has 3 heterocycles. The van der Waals surface area contributed by atoms with Crippen LogP contribution in [-0.2, 0) is 6.54 Å². The topological polar surface area (TPSA) is 106 Å². The molecule has 1 aromatic carbocycles. The van der Waals surface area contributed by atoms with Gasteiger partial charge in [-0.15, -0.1) is 0 Å². The molecule has 0 spiro atoms. The largest absolute Gasteiger partial charge is 0.404 e. The quantitative estimate of drug-likeness (QED) is 0.388. The number of hydrogen-bond donors (Lipinski definition) is 3. The predicted octanol–water partition coefficient (Wildman–Crippen LogP) is 3.36. The molecule has 4 aromatic rings. The number of rotatable bonds is 7. The number of fused-ring (bicyclic) bond motifs is 1. The minimum Gasteiger partial charge on any atom is -0.404 e. The maximum Gasteiger partial charge on any atom is 0.159 e. The van der Waals surface area contributed by atoms with E-state index in [9.17, 15) is 8.78 Å². The monoisotopic (exact) mass is 433 g/mol. The number of nitrogens with one attached hydrogen (secondary N) is 2. The number of likely N-dealkylation sites (N-methyl/N-ethyl adjacent to an activating group) is 1.